The van der Waals surface area contributed by atoms with E-state index in [4.69, 9.17) is 0 Å². The van der Waals surface area contributed by atoms with Gasteiger partial charge in [0.2, 0.25) is 0 Å². The standard InChI is InChI=1S/C9H7BrN2O/c10-7-3-1-6(2-4-7)9-8(13)5-11-12-9/h1-5,13H,(H,11,12). The highest BCUT2D eigenvalue weighted by molar-refractivity contribution is 9.10. The summed E-state index contributed by atoms with van der Waals surface area (Å²) in [7, 11) is 0. The maximum absolute atomic E-state index is 9.37. The van der Waals surface area contributed by atoms with Crippen molar-refractivity contribution in [3.8, 4) is 17.0 Å². The van der Waals surface area contributed by atoms with E-state index in [1.54, 1.807) is 0 Å². The first kappa shape index (κ1) is 8.31. The van der Waals surface area contributed by atoms with E-state index in [1.807, 2.05) is 24.3 Å². The SMILES string of the molecule is Oc1cn[nH]c1-c1ccc(Br)cc1. The second-order valence-electron chi connectivity index (χ2n) is 2.64. The van der Waals surface area contributed by atoms with Crippen LogP contribution in [0.15, 0.2) is 34.9 Å². The Bertz CT molecular complexity index is 408. The molecule has 1 aromatic heterocycles. The highest BCUT2D eigenvalue weighted by atomic mass is 79.9. The number of nitrogens with zero attached hydrogens (tertiary/aromatic N) is 1. The molecule has 0 unspecified atom stereocenters. The van der Waals surface area contributed by atoms with E-state index in [9.17, 15) is 5.11 Å². The molecule has 1 heterocycles. The van der Waals surface area contributed by atoms with Gasteiger partial charge in [-0.25, -0.2) is 0 Å². The van der Waals surface area contributed by atoms with Crippen LogP contribution in [0, 0.1) is 0 Å². The molecule has 0 atom stereocenters. The van der Waals surface area contributed by atoms with Crippen LogP contribution in [0.1, 0.15) is 0 Å². The summed E-state index contributed by atoms with van der Waals surface area (Å²) < 4.78 is 1.01. The van der Waals surface area contributed by atoms with Gasteiger partial charge >= 0.3 is 0 Å². The Kier molecular flexibility index (Phi) is 2.06. The lowest BCUT2D eigenvalue weighted by Crippen LogP contribution is -1.77. The minimum Gasteiger partial charge on any atom is -0.504 e. The number of hydrogen-bond donors (Lipinski definition) is 2. The minimum absolute atomic E-state index is 0.169. The number of H-pyrrole nitrogens is 1. The van der Waals surface area contributed by atoms with Crippen molar-refractivity contribution in [1.29, 1.82) is 0 Å². The fourth-order valence-electron chi connectivity index (χ4n) is 1.11. The van der Waals surface area contributed by atoms with Gasteiger partial charge in [0.1, 0.15) is 5.69 Å². The van der Waals surface area contributed by atoms with Crippen molar-refractivity contribution in [3.05, 3.63) is 34.9 Å². The molecule has 0 aliphatic rings. The number of hydrogen-bond acceptors (Lipinski definition) is 2. The third kappa shape index (κ3) is 1.58. The van der Waals surface area contributed by atoms with Crippen molar-refractivity contribution in [2.45, 2.75) is 0 Å². The molecule has 0 saturated carbocycles. The van der Waals surface area contributed by atoms with Gasteiger partial charge in [-0.2, -0.15) is 5.10 Å². The fourth-order valence-corrected chi connectivity index (χ4v) is 1.37. The van der Waals surface area contributed by atoms with Crippen molar-refractivity contribution in [2.24, 2.45) is 0 Å². The molecule has 2 N–H and O–H groups in total. The summed E-state index contributed by atoms with van der Waals surface area (Å²) in [6.45, 7) is 0. The number of aromatic nitrogens is 2. The van der Waals surface area contributed by atoms with Crippen LogP contribution in [0.5, 0.6) is 5.75 Å². The molecule has 2 rings (SSSR count). The molecular weight excluding hydrogens is 232 g/mol. The summed E-state index contributed by atoms with van der Waals surface area (Å²) in [6.07, 6.45) is 1.39. The molecule has 0 fully saturated rings. The molecule has 0 saturated heterocycles. The van der Waals surface area contributed by atoms with Crippen LogP contribution < -0.4 is 0 Å². The van der Waals surface area contributed by atoms with Crippen LogP contribution in [-0.4, -0.2) is 15.3 Å². The number of aromatic hydroxyl groups is 1. The third-order valence-corrected chi connectivity index (χ3v) is 2.28. The highest BCUT2D eigenvalue weighted by Crippen LogP contribution is 2.26. The van der Waals surface area contributed by atoms with Crippen molar-refractivity contribution in [1.82, 2.24) is 10.2 Å². The van der Waals surface area contributed by atoms with Gasteiger partial charge < -0.3 is 5.11 Å². The third-order valence-electron chi connectivity index (χ3n) is 1.75. The van der Waals surface area contributed by atoms with E-state index < -0.39 is 0 Å². The average molecular weight is 239 g/mol. The molecule has 2 aromatic rings. The topological polar surface area (TPSA) is 48.9 Å². The zero-order valence-electron chi connectivity index (χ0n) is 6.66. The smallest absolute Gasteiger partial charge is 0.161 e. The molecule has 66 valence electrons. The van der Waals surface area contributed by atoms with E-state index in [-0.39, 0.29) is 5.75 Å². The Morgan fingerprint density at radius 2 is 1.92 bits per heavy atom. The van der Waals surface area contributed by atoms with E-state index >= 15 is 0 Å². The zero-order valence-corrected chi connectivity index (χ0v) is 8.25. The summed E-state index contributed by atoms with van der Waals surface area (Å²) in [6, 6.07) is 7.62. The monoisotopic (exact) mass is 238 g/mol. The van der Waals surface area contributed by atoms with Crippen LogP contribution in [0.4, 0.5) is 0 Å². The van der Waals surface area contributed by atoms with E-state index in [1.165, 1.54) is 6.20 Å². The fraction of sp³-hybridized carbons (Fsp3) is 0. The second-order valence-corrected chi connectivity index (χ2v) is 3.55. The van der Waals surface area contributed by atoms with Crippen LogP contribution in [0.2, 0.25) is 0 Å². The number of nitrogens with one attached hydrogen (secondary N) is 1. The van der Waals surface area contributed by atoms with E-state index in [0.29, 0.717) is 5.69 Å². The Hall–Kier alpha value is -1.29. The second kappa shape index (κ2) is 3.22. The average Bonchev–Trinajstić information content (AvgIpc) is 2.53. The summed E-state index contributed by atoms with van der Waals surface area (Å²) in [4.78, 5) is 0. The Morgan fingerprint density at radius 1 is 1.23 bits per heavy atom. The lowest BCUT2D eigenvalue weighted by atomic mass is 10.1. The van der Waals surface area contributed by atoms with Gasteiger partial charge in [0, 0.05) is 10.0 Å². The Balaban J connectivity index is 2.47. The van der Waals surface area contributed by atoms with E-state index in [2.05, 4.69) is 26.1 Å². The Labute approximate surface area is 83.5 Å². The van der Waals surface area contributed by atoms with Crippen LogP contribution in [0.3, 0.4) is 0 Å². The van der Waals surface area contributed by atoms with Gasteiger partial charge in [-0.3, -0.25) is 5.10 Å². The molecule has 0 aliphatic heterocycles. The van der Waals surface area contributed by atoms with Gasteiger partial charge in [-0.05, 0) is 12.1 Å². The van der Waals surface area contributed by atoms with Gasteiger partial charge in [0.05, 0.1) is 6.20 Å². The van der Waals surface area contributed by atoms with E-state index in [0.717, 1.165) is 10.0 Å². The maximum atomic E-state index is 9.37. The first-order valence-corrected chi connectivity index (χ1v) is 4.55. The van der Waals surface area contributed by atoms with Crippen molar-refractivity contribution >= 4 is 15.9 Å². The Morgan fingerprint density at radius 3 is 2.46 bits per heavy atom. The summed E-state index contributed by atoms with van der Waals surface area (Å²) >= 11 is 3.34. The first-order chi connectivity index (χ1) is 6.27. The minimum atomic E-state index is 0.169. The number of benzene rings is 1. The van der Waals surface area contributed by atoms with Crippen LogP contribution in [0.25, 0.3) is 11.3 Å². The van der Waals surface area contributed by atoms with Crippen molar-refractivity contribution in [2.75, 3.05) is 0 Å². The lowest BCUT2D eigenvalue weighted by Gasteiger charge is -1.97. The molecule has 0 spiro atoms. The van der Waals surface area contributed by atoms with Crippen LogP contribution in [-0.2, 0) is 0 Å². The summed E-state index contributed by atoms with van der Waals surface area (Å²) in [5.41, 5.74) is 1.56. The lowest BCUT2D eigenvalue weighted by molar-refractivity contribution is 0.477. The quantitative estimate of drug-likeness (QED) is 0.803. The van der Waals surface area contributed by atoms with Crippen molar-refractivity contribution < 1.29 is 5.11 Å². The highest BCUT2D eigenvalue weighted by Gasteiger charge is 2.04. The predicted octanol–water partition coefficient (Wildman–Crippen LogP) is 2.54. The van der Waals surface area contributed by atoms with Gasteiger partial charge in [-0.15, -0.1) is 0 Å². The summed E-state index contributed by atoms with van der Waals surface area (Å²) in [5.74, 6) is 0.169. The molecule has 0 amide bonds. The number of halogens is 1. The van der Waals surface area contributed by atoms with Gasteiger partial charge in [0.25, 0.3) is 0 Å². The molecule has 1 aromatic carbocycles. The van der Waals surface area contributed by atoms with Crippen molar-refractivity contribution in [3.63, 3.8) is 0 Å². The molecule has 13 heavy (non-hydrogen) atoms. The summed E-state index contributed by atoms with van der Waals surface area (Å²) in [5, 5.41) is 15.8. The molecule has 0 aliphatic carbocycles. The van der Waals surface area contributed by atoms with Gasteiger partial charge in [-0.1, -0.05) is 28.1 Å². The van der Waals surface area contributed by atoms with Crippen LogP contribution >= 0.6 is 15.9 Å². The largest absolute Gasteiger partial charge is 0.504 e. The zero-order chi connectivity index (χ0) is 9.26. The number of aromatic amines is 1. The molecule has 0 radical (unpaired) electrons. The first-order valence-electron chi connectivity index (χ1n) is 3.75. The van der Waals surface area contributed by atoms with Gasteiger partial charge in [0.15, 0.2) is 5.75 Å². The predicted molar refractivity (Wildman–Crippen MR) is 53.4 cm³/mol. The number of rotatable bonds is 1. The molecule has 4 heteroatoms. The maximum Gasteiger partial charge on any atom is 0.161 e. The normalized spacial score (nSPS) is 10.2. The molecular formula is C9H7BrN2O. The molecule has 0 bridgehead atoms. The molecule has 3 nitrogen and oxygen atoms in total.